The maximum atomic E-state index is 13.5. The fourth-order valence-electron chi connectivity index (χ4n) is 4.24. The van der Waals surface area contributed by atoms with E-state index >= 15 is 0 Å². The Bertz CT molecular complexity index is 1080. The number of pyridine rings is 1. The third kappa shape index (κ3) is 4.18. The normalized spacial score (nSPS) is 19.7. The van der Waals surface area contributed by atoms with E-state index in [0.717, 1.165) is 46.5 Å². The largest absolute Gasteiger partial charge is 0.377 e. The van der Waals surface area contributed by atoms with Crippen LogP contribution in [-0.2, 0) is 9.47 Å². The van der Waals surface area contributed by atoms with Gasteiger partial charge in [-0.25, -0.2) is 4.39 Å². The number of nitrogens with zero attached hydrogens (tertiary/aromatic N) is 4. The second kappa shape index (κ2) is 8.72. The van der Waals surface area contributed by atoms with Crippen molar-refractivity contribution in [2.45, 2.75) is 39.0 Å². The topological polar surface area (TPSA) is 72.4 Å². The summed E-state index contributed by atoms with van der Waals surface area (Å²) in [7, 11) is 3.41. The maximum absolute atomic E-state index is 13.5. The van der Waals surface area contributed by atoms with Crippen molar-refractivity contribution in [1.82, 2.24) is 15.2 Å². The van der Waals surface area contributed by atoms with Crippen LogP contribution in [0.15, 0.2) is 30.5 Å². The first-order chi connectivity index (χ1) is 14.9. The Balaban J connectivity index is 1.68. The van der Waals surface area contributed by atoms with Crippen LogP contribution in [-0.4, -0.2) is 54.7 Å². The molecular formula is C23H28FN5O2. The van der Waals surface area contributed by atoms with Gasteiger partial charge in [-0.3, -0.25) is 4.98 Å². The minimum absolute atomic E-state index is 0.0112. The standard InChI is InChI=1S/C23H28FN5O2/c1-13-8-16(24)6-7-18(13)14(2)26-23-19-9-17(10-25-22(19)15(3)27-28-23)29-11-20(30-4)21(12-29)31-5/h6-10,14,20-21H,11-12H2,1-5H3,(H,26,28)/t14-,20-,21+/m1/s1. The minimum atomic E-state index is -0.239. The van der Waals surface area contributed by atoms with Crippen molar-refractivity contribution in [3.8, 4) is 0 Å². The van der Waals surface area contributed by atoms with Gasteiger partial charge in [0.25, 0.3) is 0 Å². The molecule has 8 heteroatoms. The lowest BCUT2D eigenvalue weighted by Gasteiger charge is -2.21. The van der Waals surface area contributed by atoms with Crippen molar-refractivity contribution in [1.29, 1.82) is 0 Å². The second-order valence-corrected chi connectivity index (χ2v) is 8.04. The van der Waals surface area contributed by atoms with Gasteiger partial charge in [-0.05, 0) is 50.1 Å². The number of benzene rings is 1. The van der Waals surface area contributed by atoms with E-state index in [1.807, 2.05) is 27.0 Å². The summed E-state index contributed by atoms with van der Waals surface area (Å²) < 4.78 is 24.7. The molecule has 1 N–H and O–H groups in total. The van der Waals surface area contributed by atoms with Gasteiger partial charge in [0.2, 0.25) is 0 Å². The number of hydrogen-bond acceptors (Lipinski definition) is 7. The third-order valence-electron chi connectivity index (χ3n) is 6.01. The number of ether oxygens (including phenoxy) is 2. The number of nitrogens with one attached hydrogen (secondary N) is 1. The van der Waals surface area contributed by atoms with Crippen LogP contribution in [0.4, 0.5) is 15.9 Å². The van der Waals surface area contributed by atoms with E-state index in [9.17, 15) is 4.39 Å². The van der Waals surface area contributed by atoms with Gasteiger partial charge in [-0.1, -0.05) is 6.07 Å². The van der Waals surface area contributed by atoms with Crippen LogP contribution in [0.2, 0.25) is 0 Å². The molecule has 31 heavy (non-hydrogen) atoms. The Hall–Kier alpha value is -2.84. The molecule has 0 radical (unpaired) electrons. The van der Waals surface area contributed by atoms with Crippen LogP contribution in [0.25, 0.3) is 10.9 Å². The predicted octanol–water partition coefficient (Wildman–Crippen LogP) is 3.80. The summed E-state index contributed by atoms with van der Waals surface area (Å²) in [6, 6.07) is 6.83. The molecule has 3 atom stereocenters. The fraction of sp³-hybridized carbons (Fsp3) is 0.435. The van der Waals surface area contributed by atoms with E-state index in [-0.39, 0.29) is 24.1 Å². The number of methoxy groups -OCH3 is 2. The quantitative estimate of drug-likeness (QED) is 0.644. The molecule has 1 aromatic carbocycles. The molecule has 1 aliphatic heterocycles. The Kier molecular flexibility index (Phi) is 6.02. The highest BCUT2D eigenvalue weighted by atomic mass is 19.1. The van der Waals surface area contributed by atoms with E-state index < -0.39 is 0 Å². The van der Waals surface area contributed by atoms with E-state index in [2.05, 4.69) is 31.5 Å². The summed E-state index contributed by atoms with van der Waals surface area (Å²) in [6.07, 6.45) is 1.88. The molecule has 0 amide bonds. The third-order valence-corrected chi connectivity index (χ3v) is 6.01. The first-order valence-corrected chi connectivity index (χ1v) is 10.4. The number of rotatable bonds is 6. The number of aryl methyl sites for hydroxylation is 2. The van der Waals surface area contributed by atoms with Gasteiger partial charge in [0.05, 0.1) is 29.1 Å². The molecule has 3 aromatic rings. The highest BCUT2D eigenvalue weighted by Gasteiger charge is 2.33. The molecule has 0 unspecified atom stereocenters. The highest BCUT2D eigenvalue weighted by molar-refractivity contribution is 5.92. The molecule has 0 aliphatic carbocycles. The lowest BCUT2D eigenvalue weighted by molar-refractivity contribution is -0.00461. The van der Waals surface area contributed by atoms with Crippen molar-refractivity contribution < 1.29 is 13.9 Å². The molecule has 4 rings (SSSR count). The van der Waals surface area contributed by atoms with E-state index in [1.54, 1.807) is 20.3 Å². The lowest BCUT2D eigenvalue weighted by atomic mass is 10.0. The van der Waals surface area contributed by atoms with Crippen molar-refractivity contribution in [3.05, 3.63) is 53.1 Å². The van der Waals surface area contributed by atoms with Crippen LogP contribution in [0, 0.1) is 19.7 Å². The van der Waals surface area contributed by atoms with Gasteiger partial charge in [0.1, 0.15) is 18.0 Å². The Labute approximate surface area is 181 Å². The van der Waals surface area contributed by atoms with E-state index in [4.69, 9.17) is 9.47 Å². The first kappa shape index (κ1) is 21.4. The molecule has 0 saturated carbocycles. The average Bonchev–Trinajstić information content (AvgIpc) is 3.19. The van der Waals surface area contributed by atoms with Gasteiger partial charge in [-0.15, -0.1) is 5.10 Å². The van der Waals surface area contributed by atoms with Crippen molar-refractivity contribution in [3.63, 3.8) is 0 Å². The van der Waals surface area contributed by atoms with Crippen LogP contribution < -0.4 is 10.2 Å². The first-order valence-electron chi connectivity index (χ1n) is 10.4. The molecule has 1 saturated heterocycles. The molecule has 3 heterocycles. The minimum Gasteiger partial charge on any atom is -0.377 e. The van der Waals surface area contributed by atoms with Crippen molar-refractivity contribution in [2.75, 3.05) is 37.5 Å². The predicted molar refractivity (Wildman–Crippen MR) is 119 cm³/mol. The summed E-state index contributed by atoms with van der Waals surface area (Å²) in [5, 5.41) is 13.0. The summed E-state index contributed by atoms with van der Waals surface area (Å²) in [5.74, 6) is 0.411. The average molecular weight is 426 g/mol. The zero-order valence-electron chi connectivity index (χ0n) is 18.5. The number of halogens is 1. The van der Waals surface area contributed by atoms with Crippen LogP contribution in [0.3, 0.4) is 0 Å². The van der Waals surface area contributed by atoms with Gasteiger partial charge in [0.15, 0.2) is 5.82 Å². The fourth-order valence-corrected chi connectivity index (χ4v) is 4.24. The molecule has 1 aliphatic rings. The van der Waals surface area contributed by atoms with Gasteiger partial charge in [0, 0.05) is 32.7 Å². The number of anilines is 2. The summed E-state index contributed by atoms with van der Waals surface area (Å²) in [4.78, 5) is 6.89. The lowest BCUT2D eigenvalue weighted by Crippen LogP contribution is -2.27. The van der Waals surface area contributed by atoms with E-state index in [0.29, 0.717) is 5.82 Å². The maximum Gasteiger partial charge on any atom is 0.158 e. The van der Waals surface area contributed by atoms with Gasteiger partial charge < -0.3 is 19.7 Å². The van der Waals surface area contributed by atoms with Crippen molar-refractivity contribution >= 4 is 22.4 Å². The Morgan fingerprint density at radius 3 is 2.45 bits per heavy atom. The SMILES string of the molecule is CO[C@H]1CN(c2cnc3c(C)nnc(N[C@H](C)c4ccc(F)cc4C)c3c2)C[C@H]1OC. The zero-order valence-corrected chi connectivity index (χ0v) is 18.5. The second-order valence-electron chi connectivity index (χ2n) is 8.04. The van der Waals surface area contributed by atoms with Gasteiger partial charge >= 0.3 is 0 Å². The molecule has 0 spiro atoms. The van der Waals surface area contributed by atoms with Crippen LogP contribution >= 0.6 is 0 Å². The summed E-state index contributed by atoms with van der Waals surface area (Å²) in [6.45, 7) is 7.29. The summed E-state index contributed by atoms with van der Waals surface area (Å²) in [5.41, 5.74) is 4.44. The highest BCUT2D eigenvalue weighted by Crippen LogP contribution is 2.31. The molecular weight excluding hydrogens is 397 g/mol. The smallest absolute Gasteiger partial charge is 0.158 e. The number of fused-ring (bicyclic) bond motifs is 1. The monoisotopic (exact) mass is 425 g/mol. The number of hydrogen-bond donors (Lipinski definition) is 1. The zero-order chi connectivity index (χ0) is 22.1. The van der Waals surface area contributed by atoms with Gasteiger partial charge in [-0.2, -0.15) is 5.10 Å². The van der Waals surface area contributed by atoms with Crippen LogP contribution in [0.5, 0.6) is 0 Å². The molecule has 2 aromatic heterocycles. The summed E-state index contributed by atoms with van der Waals surface area (Å²) >= 11 is 0. The Morgan fingerprint density at radius 2 is 1.81 bits per heavy atom. The Morgan fingerprint density at radius 1 is 1.10 bits per heavy atom. The molecule has 0 bridgehead atoms. The number of aromatic nitrogens is 3. The molecule has 1 fully saturated rings. The van der Waals surface area contributed by atoms with Crippen molar-refractivity contribution in [2.24, 2.45) is 0 Å². The van der Waals surface area contributed by atoms with Crippen LogP contribution in [0.1, 0.15) is 29.8 Å². The molecule has 164 valence electrons. The molecule has 7 nitrogen and oxygen atoms in total. The van der Waals surface area contributed by atoms with E-state index in [1.165, 1.54) is 12.1 Å².